The number of carbonyl (C=O) groups is 2. The highest BCUT2D eigenvalue weighted by Crippen LogP contribution is 2.42. The molecule has 0 aromatic heterocycles. The minimum absolute atomic E-state index is 0.137. The van der Waals surface area contributed by atoms with Crippen molar-refractivity contribution in [1.82, 2.24) is 4.90 Å². The van der Waals surface area contributed by atoms with Gasteiger partial charge in [0.15, 0.2) is 21.2 Å². The van der Waals surface area contributed by atoms with E-state index in [4.69, 9.17) is 4.74 Å². The van der Waals surface area contributed by atoms with Gasteiger partial charge in [-0.3, -0.25) is 9.59 Å². The first-order valence-electron chi connectivity index (χ1n) is 11.1. The van der Waals surface area contributed by atoms with Gasteiger partial charge >= 0.3 is 5.97 Å². The zero-order chi connectivity index (χ0) is 22.9. The van der Waals surface area contributed by atoms with Crippen molar-refractivity contribution in [1.29, 1.82) is 0 Å². The molecule has 0 radical (unpaired) electrons. The van der Waals surface area contributed by atoms with Gasteiger partial charge in [0.05, 0.1) is 4.90 Å². The van der Waals surface area contributed by atoms with Crippen LogP contribution in [0.4, 0.5) is 0 Å². The fourth-order valence-electron chi connectivity index (χ4n) is 4.69. The van der Waals surface area contributed by atoms with Crippen molar-refractivity contribution in [3.63, 3.8) is 0 Å². The summed E-state index contributed by atoms with van der Waals surface area (Å²) in [7, 11) is -3.95. The van der Waals surface area contributed by atoms with E-state index in [2.05, 4.69) is 6.07 Å². The number of hydrogen-bond donors (Lipinski definition) is 0. The van der Waals surface area contributed by atoms with Crippen LogP contribution in [0, 0.1) is 13.8 Å². The van der Waals surface area contributed by atoms with Crippen LogP contribution >= 0.6 is 0 Å². The maximum absolute atomic E-state index is 13.5. The number of hydrogen-bond acceptors (Lipinski definition) is 5. The van der Waals surface area contributed by atoms with Gasteiger partial charge < -0.3 is 9.64 Å². The van der Waals surface area contributed by atoms with Gasteiger partial charge in [0.2, 0.25) is 0 Å². The molecule has 1 aliphatic carbocycles. The van der Waals surface area contributed by atoms with Crippen LogP contribution in [0.3, 0.4) is 0 Å². The molecular weight excluding hydrogens is 426 g/mol. The maximum Gasteiger partial charge on any atom is 0.328 e. The van der Waals surface area contributed by atoms with E-state index in [0.29, 0.717) is 25.9 Å². The van der Waals surface area contributed by atoms with Crippen LogP contribution in [0.5, 0.6) is 0 Å². The molecule has 0 unspecified atom stereocenters. The van der Waals surface area contributed by atoms with E-state index in [1.807, 2.05) is 32.0 Å². The monoisotopic (exact) mass is 455 g/mol. The summed E-state index contributed by atoms with van der Waals surface area (Å²) in [6, 6.07) is 12.9. The van der Waals surface area contributed by atoms with Crippen LogP contribution < -0.4 is 0 Å². The molecule has 1 aliphatic heterocycles. The molecule has 1 fully saturated rings. The molecule has 6 nitrogen and oxygen atoms in total. The lowest BCUT2D eigenvalue weighted by Gasteiger charge is -2.30. The first kappa shape index (κ1) is 22.5. The second-order valence-corrected chi connectivity index (χ2v) is 11.1. The number of sulfone groups is 1. The first-order valence-corrected chi connectivity index (χ1v) is 12.6. The van der Waals surface area contributed by atoms with E-state index in [-0.39, 0.29) is 23.6 Å². The highest BCUT2D eigenvalue weighted by molar-refractivity contribution is 7.93. The smallest absolute Gasteiger partial charge is 0.328 e. The van der Waals surface area contributed by atoms with Crippen LogP contribution in [0.15, 0.2) is 47.4 Å². The van der Waals surface area contributed by atoms with E-state index in [9.17, 15) is 18.0 Å². The number of ether oxygens (including phenoxy) is 1. The van der Waals surface area contributed by atoms with Gasteiger partial charge in [-0.15, -0.1) is 0 Å². The van der Waals surface area contributed by atoms with Crippen LogP contribution in [0.1, 0.15) is 47.9 Å². The number of esters is 1. The second kappa shape index (κ2) is 8.70. The summed E-state index contributed by atoms with van der Waals surface area (Å²) < 4.78 is 30.9. The van der Waals surface area contributed by atoms with Crippen LogP contribution in [0.2, 0.25) is 0 Å². The Hall–Kier alpha value is -2.67. The van der Waals surface area contributed by atoms with Gasteiger partial charge in [0.25, 0.3) is 5.91 Å². The minimum Gasteiger partial charge on any atom is -0.454 e. The average Bonchev–Trinajstić information content (AvgIpc) is 3.30. The Balaban J connectivity index is 1.49. The molecule has 0 spiro atoms. The molecule has 2 aliphatic rings. The third-order valence-corrected chi connectivity index (χ3v) is 9.37. The largest absolute Gasteiger partial charge is 0.454 e. The Morgan fingerprint density at radius 1 is 1.00 bits per heavy atom. The number of benzene rings is 2. The number of nitrogens with zero attached hydrogens (tertiary/aromatic N) is 1. The zero-order valence-electron chi connectivity index (χ0n) is 18.6. The van der Waals surface area contributed by atoms with Crippen molar-refractivity contribution in [2.45, 2.75) is 62.1 Å². The van der Waals surface area contributed by atoms with Gasteiger partial charge in [0.1, 0.15) is 0 Å². The van der Waals surface area contributed by atoms with E-state index in [1.54, 1.807) is 23.1 Å². The van der Waals surface area contributed by atoms with Crippen LogP contribution in [-0.2, 0) is 37.1 Å². The fraction of sp³-hybridized carbons (Fsp3) is 0.440. The van der Waals surface area contributed by atoms with E-state index in [0.717, 1.165) is 23.1 Å². The van der Waals surface area contributed by atoms with Crippen LogP contribution in [-0.4, -0.2) is 43.1 Å². The fourth-order valence-corrected chi connectivity index (χ4v) is 6.83. The van der Waals surface area contributed by atoms with Gasteiger partial charge in [0, 0.05) is 13.1 Å². The quantitative estimate of drug-likeness (QED) is 0.645. The van der Waals surface area contributed by atoms with E-state index in [1.165, 1.54) is 5.56 Å². The molecular formula is C25H29NO5S. The van der Waals surface area contributed by atoms with E-state index >= 15 is 0 Å². The van der Waals surface area contributed by atoms with Gasteiger partial charge in [-0.05, 0) is 67.5 Å². The van der Waals surface area contributed by atoms with Gasteiger partial charge in [-0.1, -0.05) is 43.2 Å². The molecule has 4 rings (SSSR count). The summed E-state index contributed by atoms with van der Waals surface area (Å²) in [5.41, 5.74) is 4.15. The standard InChI is InChI=1S/C25H29NO5S/c1-18-9-10-22(15-19(18)2)32(29,30)25(12-5-6-13-25)24(28)31-17-23(27)26-14-11-20-7-3-4-8-21(20)16-26/h3-4,7-10,15H,5-6,11-14,16-17H2,1-2H3. The molecule has 1 saturated carbocycles. The highest BCUT2D eigenvalue weighted by atomic mass is 32.2. The van der Waals surface area contributed by atoms with Crippen molar-refractivity contribution in [3.8, 4) is 0 Å². The molecule has 7 heteroatoms. The summed E-state index contributed by atoms with van der Waals surface area (Å²) in [4.78, 5) is 27.7. The van der Waals surface area contributed by atoms with Crippen molar-refractivity contribution in [3.05, 3.63) is 64.7 Å². The number of fused-ring (bicyclic) bond motifs is 1. The number of rotatable bonds is 5. The van der Waals surface area contributed by atoms with Crippen LogP contribution in [0.25, 0.3) is 0 Å². The average molecular weight is 456 g/mol. The summed E-state index contributed by atoms with van der Waals surface area (Å²) in [6.45, 7) is 4.35. The molecule has 1 amide bonds. The first-order chi connectivity index (χ1) is 15.2. The van der Waals surface area contributed by atoms with Gasteiger partial charge in [-0.25, -0.2) is 8.42 Å². The molecule has 0 bridgehead atoms. The summed E-state index contributed by atoms with van der Waals surface area (Å²) in [6.07, 6.45) is 2.45. The Bertz CT molecular complexity index is 1150. The topological polar surface area (TPSA) is 80.7 Å². The van der Waals surface area contributed by atoms with Gasteiger partial charge in [-0.2, -0.15) is 0 Å². The molecule has 32 heavy (non-hydrogen) atoms. The Morgan fingerprint density at radius 3 is 2.38 bits per heavy atom. The summed E-state index contributed by atoms with van der Waals surface area (Å²) in [5.74, 6) is -1.11. The summed E-state index contributed by atoms with van der Waals surface area (Å²) in [5, 5.41) is 0. The zero-order valence-corrected chi connectivity index (χ0v) is 19.4. The minimum atomic E-state index is -3.95. The lowest BCUT2D eigenvalue weighted by atomic mass is 10.00. The highest BCUT2D eigenvalue weighted by Gasteiger charge is 2.54. The molecule has 0 N–H and O–H groups in total. The maximum atomic E-state index is 13.5. The van der Waals surface area contributed by atoms with E-state index < -0.39 is 27.2 Å². The number of carbonyl (C=O) groups excluding carboxylic acids is 2. The normalized spacial score (nSPS) is 17.6. The summed E-state index contributed by atoms with van der Waals surface area (Å²) >= 11 is 0. The Kier molecular flexibility index (Phi) is 6.12. The number of aryl methyl sites for hydroxylation is 2. The molecule has 0 atom stereocenters. The van der Waals surface area contributed by atoms with Crippen molar-refractivity contribution < 1.29 is 22.7 Å². The molecule has 2 aromatic carbocycles. The molecule has 170 valence electrons. The molecule has 2 aromatic rings. The second-order valence-electron chi connectivity index (χ2n) is 8.86. The van der Waals surface area contributed by atoms with Crippen molar-refractivity contribution in [2.24, 2.45) is 0 Å². The molecule has 0 saturated heterocycles. The third-order valence-electron chi connectivity index (χ3n) is 6.90. The predicted octanol–water partition coefficient (Wildman–Crippen LogP) is 3.52. The van der Waals surface area contributed by atoms with Crippen molar-refractivity contribution in [2.75, 3.05) is 13.2 Å². The third kappa shape index (κ3) is 3.94. The van der Waals surface area contributed by atoms with Crippen molar-refractivity contribution >= 4 is 21.7 Å². The number of amides is 1. The lowest BCUT2D eigenvalue weighted by molar-refractivity contribution is -0.154. The molecule has 1 heterocycles. The SMILES string of the molecule is Cc1ccc(S(=O)(=O)C2(C(=O)OCC(=O)N3CCc4ccccc4C3)CCCC2)cc1C. The lowest BCUT2D eigenvalue weighted by Crippen LogP contribution is -2.47. The Labute approximate surface area is 189 Å². The Morgan fingerprint density at radius 2 is 1.69 bits per heavy atom. The predicted molar refractivity (Wildman–Crippen MR) is 121 cm³/mol.